The van der Waals surface area contributed by atoms with Crippen molar-refractivity contribution in [2.24, 2.45) is 0 Å². The molecule has 0 saturated heterocycles. The summed E-state index contributed by atoms with van der Waals surface area (Å²) >= 11 is 17.4. The van der Waals surface area contributed by atoms with E-state index in [9.17, 15) is 4.39 Å². The van der Waals surface area contributed by atoms with Gasteiger partial charge in [0.15, 0.2) is 10.9 Å². The van der Waals surface area contributed by atoms with Crippen LogP contribution in [0.5, 0.6) is 0 Å². The van der Waals surface area contributed by atoms with E-state index in [-0.39, 0.29) is 12.4 Å². The van der Waals surface area contributed by atoms with Gasteiger partial charge in [-0.25, -0.2) is 4.39 Å². The highest BCUT2D eigenvalue weighted by molar-refractivity contribution is 7.80. The molecule has 0 spiro atoms. The normalized spacial score (nSPS) is 10.8. The summed E-state index contributed by atoms with van der Waals surface area (Å²) in [6, 6.07) is 6.32. The van der Waals surface area contributed by atoms with Crippen molar-refractivity contribution in [2.75, 3.05) is 5.32 Å². The van der Waals surface area contributed by atoms with Gasteiger partial charge in [-0.15, -0.1) is 0 Å². The molecule has 0 unspecified atom stereocenters. The molecule has 0 aliphatic heterocycles. The van der Waals surface area contributed by atoms with Crippen LogP contribution in [-0.2, 0) is 19.6 Å². The Balaban J connectivity index is 1.57. The molecule has 0 fully saturated rings. The highest BCUT2D eigenvalue weighted by Gasteiger charge is 2.10. The zero-order chi connectivity index (χ0) is 19.4. The van der Waals surface area contributed by atoms with Gasteiger partial charge in [0.05, 0.1) is 18.1 Å². The predicted molar refractivity (Wildman–Crippen MR) is 109 cm³/mol. The lowest BCUT2D eigenvalue weighted by Crippen LogP contribution is -2.28. The third-order valence-corrected chi connectivity index (χ3v) is 4.71. The lowest BCUT2D eigenvalue weighted by molar-refractivity contribution is 0.586. The molecule has 0 atom stereocenters. The van der Waals surface area contributed by atoms with Gasteiger partial charge in [0.1, 0.15) is 11.5 Å². The monoisotopic (exact) mass is 426 g/mol. The third-order valence-electron chi connectivity index (χ3n) is 3.79. The summed E-state index contributed by atoms with van der Waals surface area (Å²) in [7, 11) is 0. The van der Waals surface area contributed by atoms with Gasteiger partial charge in [-0.3, -0.25) is 9.36 Å². The number of hydrogen-bond acceptors (Lipinski definition) is 3. The highest BCUT2D eigenvalue weighted by Crippen LogP contribution is 2.20. The lowest BCUT2D eigenvalue weighted by atomic mass is 10.2. The first-order valence-electron chi connectivity index (χ1n) is 8.19. The van der Waals surface area contributed by atoms with E-state index < -0.39 is 0 Å². The van der Waals surface area contributed by atoms with E-state index in [1.54, 1.807) is 40.0 Å². The smallest absolute Gasteiger partial charge is 0.172 e. The molecule has 0 amide bonds. The molecule has 2 aromatic heterocycles. The van der Waals surface area contributed by atoms with Gasteiger partial charge in [-0.2, -0.15) is 10.2 Å². The first-order valence-corrected chi connectivity index (χ1v) is 9.35. The van der Waals surface area contributed by atoms with Crippen molar-refractivity contribution in [3.8, 4) is 0 Å². The van der Waals surface area contributed by atoms with Gasteiger partial charge in [-0.1, -0.05) is 29.3 Å². The molecular formula is C17H17Cl2FN6S. The molecule has 0 bridgehead atoms. The Hall–Kier alpha value is -2.16. The minimum atomic E-state index is -0.368. The lowest BCUT2D eigenvalue weighted by Gasteiger charge is -2.08. The number of rotatable bonds is 6. The number of benzene rings is 1. The average Bonchev–Trinajstić information content (AvgIpc) is 3.22. The Morgan fingerprint density at radius 3 is 2.70 bits per heavy atom. The van der Waals surface area contributed by atoms with Gasteiger partial charge in [-0.05, 0) is 31.3 Å². The van der Waals surface area contributed by atoms with Crippen molar-refractivity contribution < 1.29 is 4.39 Å². The summed E-state index contributed by atoms with van der Waals surface area (Å²) < 4.78 is 17.2. The number of nitrogens with one attached hydrogen (secondary N) is 2. The fraction of sp³-hybridized carbons (Fsp3) is 0.235. The maximum absolute atomic E-state index is 13.9. The fourth-order valence-corrected chi connectivity index (χ4v) is 3.02. The van der Waals surface area contributed by atoms with Crippen LogP contribution < -0.4 is 10.6 Å². The summed E-state index contributed by atoms with van der Waals surface area (Å²) in [5.41, 5.74) is 1.10. The number of anilines is 1. The van der Waals surface area contributed by atoms with Gasteiger partial charge in [0.25, 0.3) is 0 Å². The Morgan fingerprint density at radius 1 is 1.19 bits per heavy atom. The minimum absolute atomic E-state index is 0.220. The van der Waals surface area contributed by atoms with Gasteiger partial charge in [0.2, 0.25) is 0 Å². The molecule has 142 valence electrons. The maximum atomic E-state index is 13.9. The van der Waals surface area contributed by atoms with Crippen LogP contribution in [0.15, 0.2) is 36.7 Å². The van der Waals surface area contributed by atoms with E-state index in [0.717, 1.165) is 6.54 Å². The van der Waals surface area contributed by atoms with Crippen LogP contribution >= 0.6 is 35.4 Å². The van der Waals surface area contributed by atoms with E-state index in [1.165, 1.54) is 6.07 Å². The molecule has 2 heterocycles. The second-order valence-electron chi connectivity index (χ2n) is 5.69. The number of halogens is 3. The second kappa shape index (κ2) is 8.69. The molecule has 1 aromatic carbocycles. The topological polar surface area (TPSA) is 59.7 Å². The van der Waals surface area contributed by atoms with Gasteiger partial charge in [0, 0.05) is 35.6 Å². The molecule has 6 nitrogen and oxygen atoms in total. The molecule has 0 aliphatic rings. The number of aromatic nitrogens is 4. The summed E-state index contributed by atoms with van der Waals surface area (Å²) in [6.45, 7) is 3.34. The third kappa shape index (κ3) is 4.97. The van der Waals surface area contributed by atoms with E-state index in [0.29, 0.717) is 38.8 Å². The summed E-state index contributed by atoms with van der Waals surface area (Å²) in [6.07, 6.45) is 3.48. The van der Waals surface area contributed by atoms with E-state index in [4.69, 9.17) is 35.4 Å². The molecular weight excluding hydrogens is 410 g/mol. The summed E-state index contributed by atoms with van der Waals surface area (Å²) in [5, 5.41) is 16.0. The van der Waals surface area contributed by atoms with Crippen LogP contribution in [0.1, 0.15) is 18.2 Å². The number of thiocarbonyl (C=S) groups is 1. The van der Waals surface area contributed by atoms with Gasteiger partial charge >= 0.3 is 0 Å². The SMILES string of the molecule is CCn1cc(Cl)c(CNC(=S)Nc2ccn(Cc3c(F)cccc3Cl)n2)n1. The van der Waals surface area contributed by atoms with Crippen LogP contribution in [0.2, 0.25) is 10.0 Å². The quantitative estimate of drug-likeness (QED) is 0.581. The molecule has 2 N–H and O–H groups in total. The first kappa shape index (κ1) is 19.6. The van der Waals surface area contributed by atoms with Crippen molar-refractivity contribution in [3.05, 3.63) is 63.8 Å². The second-order valence-corrected chi connectivity index (χ2v) is 6.91. The molecule has 0 aliphatic carbocycles. The Bertz CT molecular complexity index is 935. The van der Waals surface area contributed by atoms with E-state index in [2.05, 4.69) is 20.8 Å². The Labute approximate surface area is 171 Å². The predicted octanol–water partition coefficient (Wildman–Crippen LogP) is 4.08. The molecule has 0 saturated carbocycles. The number of hydrogen-bond donors (Lipinski definition) is 2. The number of nitrogens with zero attached hydrogens (tertiary/aromatic N) is 4. The standard InChI is InChI=1S/C17H17Cl2FN6S/c1-2-25-10-13(19)15(23-25)8-21-17(27)22-16-6-7-26(24-16)9-11-12(18)4-3-5-14(11)20/h3-7,10H,2,8-9H2,1H3,(H2,21,22,24,27). The molecule has 3 rings (SSSR count). The molecule has 3 aromatic rings. The molecule has 27 heavy (non-hydrogen) atoms. The summed E-state index contributed by atoms with van der Waals surface area (Å²) in [4.78, 5) is 0. The van der Waals surface area contributed by atoms with Crippen molar-refractivity contribution in [2.45, 2.75) is 26.6 Å². The van der Waals surface area contributed by atoms with Gasteiger partial charge < -0.3 is 10.6 Å². The van der Waals surface area contributed by atoms with E-state index >= 15 is 0 Å². The van der Waals surface area contributed by atoms with Crippen molar-refractivity contribution >= 4 is 46.4 Å². The van der Waals surface area contributed by atoms with Crippen LogP contribution in [0.25, 0.3) is 0 Å². The zero-order valence-corrected chi connectivity index (χ0v) is 16.7. The molecule has 10 heteroatoms. The fourth-order valence-electron chi connectivity index (χ4n) is 2.41. The summed E-state index contributed by atoms with van der Waals surface area (Å²) in [5.74, 6) is 0.165. The van der Waals surface area contributed by atoms with Crippen LogP contribution in [0.4, 0.5) is 10.2 Å². The Kier molecular flexibility index (Phi) is 6.30. The first-order chi connectivity index (χ1) is 13.0. The number of aryl methyl sites for hydroxylation is 1. The minimum Gasteiger partial charge on any atom is -0.357 e. The van der Waals surface area contributed by atoms with Crippen molar-refractivity contribution in [3.63, 3.8) is 0 Å². The zero-order valence-electron chi connectivity index (χ0n) is 14.4. The average molecular weight is 427 g/mol. The van der Waals surface area contributed by atoms with Crippen molar-refractivity contribution in [1.29, 1.82) is 0 Å². The van der Waals surface area contributed by atoms with Crippen LogP contribution in [0.3, 0.4) is 0 Å². The largest absolute Gasteiger partial charge is 0.357 e. The Morgan fingerprint density at radius 2 is 2.00 bits per heavy atom. The highest BCUT2D eigenvalue weighted by atomic mass is 35.5. The van der Waals surface area contributed by atoms with Crippen molar-refractivity contribution in [1.82, 2.24) is 24.9 Å². The maximum Gasteiger partial charge on any atom is 0.172 e. The molecule has 0 radical (unpaired) electrons. The van der Waals surface area contributed by atoms with E-state index in [1.807, 2.05) is 6.92 Å². The van der Waals surface area contributed by atoms with Crippen LogP contribution in [0, 0.1) is 5.82 Å². The van der Waals surface area contributed by atoms with Crippen LogP contribution in [-0.4, -0.2) is 24.7 Å².